The molecule has 0 aliphatic carbocycles. The molecule has 0 N–H and O–H groups in total. The van der Waals surface area contributed by atoms with Gasteiger partial charge in [0.1, 0.15) is 6.61 Å². The minimum Gasteiger partial charge on any atom is -0.466 e. The minimum atomic E-state index is -0.0745. The van der Waals surface area contributed by atoms with E-state index in [1.54, 1.807) is 0 Å². The van der Waals surface area contributed by atoms with Gasteiger partial charge in [0.15, 0.2) is 0 Å². The zero-order valence-corrected chi connectivity index (χ0v) is 35.0. The summed E-state index contributed by atoms with van der Waals surface area (Å²) < 4.78 is 11.1. The zero-order valence-electron chi connectivity index (χ0n) is 35.0. The molecule has 0 rings (SSSR count). The van der Waals surface area contributed by atoms with Crippen LogP contribution in [0.3, 0.4) is 0 Å². The molecule has 0 aromatic rings. The van der Waals surface area contributed by atoms with Crippen molar-refractivity contribution in [2.24, 2.45) is 0 Å². The Kier molecular flexibility index (Phi) is 39.9. The summed E-state index contributed by atoms with van der Waals surface area (Å²) >= 11 is 0. The fourth-order valence-electron chi connectivity index (χ4n) is 6.16. The third kappa shape index (κ3) is 39.1. The summed E-state index contributed by atoms with van der Waals surface area (Å²) in [6.45, 7) is 12.4. The van der Waals surface area contributed by atoms with Crippen LogP contribution < -0.4 is 0 Å². The van der Waals surface area contributed by atoms with Crippen LogP contribution in [0, 0.1) is 0 Å². The molecular formula is C47H85NO4. The van der Waals surface area contributed by atoms with Crippen molar-refractivity contribution in [3.05, 3.63) is 48.1 Å². The fraction of sp³-hybridized carbons (Fsp3) is 0.787. The smallest absolute Gasteiger partial charge is 0.305 e. The summed E-state index contributed by atoms with van der Waals surface area (Å²) in [7, 11) is 0. The number of esters is 2. The highest BCUT2D eigenvalue weighted by atomic mass is 16.5. The van der Waals surface area contributed by atoms with E-state index in [4.69, 9.17) is 9.47 Å². The Bertz CT molecular complexity index is 905. The number of unbranched alkanes of at least 4 members (excludes halogenated alkanes) is 18. The molecule has 0 atom stereocenters. The van der Waals surface area contributed by atoms with E-state index in [1.807, 2.05) is 0 Å². The van der Waals surface area contributed by atoms with Crippen LogP contribution >= 0.6 is 0 Å². The number of hydrogen-bond donors (Lipinski definition) is 0. The SMILES string of the molecule is CCCCC/C=C\C/C=C\CCCCCCCCC(=O)OCCCN(CCCC)CCOC(=O)CCCCCCC/C=C\C/C(C)=C/CCCCC. The summed E-state index contributed by atoms with van der Waals surface area (Å²) in [5.74, 6) is -0.142. The molecule has 0 heterocycles. The van der Waals surface area contributed by atoms with Crippen molar-refractivity contribution in [1.29, 1.82) is 0 Å². The van der Waals surface area contributed by atoms with Crippen molar-refractivity contribution in [1.82, 2.24) is 4.90 Å². The highest BCUT2D eigenvalue weighted by Crippen LogP contribution is 2.12. The molecule has 0 bridgehead atoms. The highest BCUT2D eigenvalue weighted by molar-refractivity contribution is 5.69. The first-order valence-electron chi connectivity index (χ1n) is 22.2. The van der Waals surface area contributed by atoms with Crippen LogP contribution in [0.2, 0.25) is 0 Å². The summed E-state index contributed by atoms with van der Waals surface area (Å²) in [5, 5.41) is 0. The molecule has 0 saturated carbocycles. The normalized spacial score (nSPS) is 12.3. The monoisotopic (exact) mass is 728 g/mol. The average Bonchev–Trinajstić information content (AvgIpc) is 3.14. The predicted molar refractivity (Wildman–Crippen MR) is 226 cm³/mol. The van der Waals surface area contributed by atoms with Gasteiger partial charge in [-0.3, -0.25) is 14.5 Å². The molecule has 0 aromatic heterocycles. The van der Waals surface area contributed by atoms with E-state index in [9.17, 15) is 9.59 Å². The van der Waals surface area contributed by atoms with Gasteiger partial charge in [-0.2, -0.15) is 0 Å². The highest BCUT2D eigenvalue weighted by Gasteiger charge is 2.09. The Balaban J connectivity index is 3.77. The molecule has 5 nitrogen and oxygen atoms in total. The fourth-order valence-corrected chi connectivity index (χ4v) is 6.16. The Morgan fingerprint density at radius 3 is 1.50 bits per heavy atom. The van der Waals surface area contributed by atoms with E-state index in [1.165, 1.54) is 108 Å². The predicted octanol–water partition coefficient (Wildman–Crippen LogP) is 14.0. The molecule has 0 aliphatic rings. The number of ether oxygens (including phenoxy) is 2. The zero-order chi connectivity index (χ0) is 38.0. The van der Waals surface area contributed by atoms with Gasteiger partial charge in [-0.1, -0.05) is 146 Å². The molecular weight excluding hydrogens is 643 g/mol. The Morgan fingerprint density at radius 2 is 0.923 bits per heavy atom. The summed E-state index contributed by atoms with van der Waals surface area (Å²) in [4.78, 5) is 26.8. The van der Waals surface area contributed by atoms with Gasteiger partial charge >= 0.3 is 11.9 Å². The third-order valence-corrected chi connectivity index (χ3v) is 9.62. The molecule has 5 heteroatoms. The van der Waals surface area contributed by atoms with Crippen LogP contribution in [0.15, 0.2) is 48.1 Å². The number of carbonyl (C=O) groups excluding carboxylic acids is 2. The summed E-state index contributed by atoms with van der Waals surface area (Å²) in [6, 6.07) is 0. The van der Waals surface area contributed by atoms with E-state index in [0.29, 0.717) is 26.1 Å². The van der Waals surface area contributed by atoms with Gasteiger partial charge in [0.25, 0.3) is 0 Å². The molecule has 52 heavy (non-hydrogen) atoms. The Morgan fingerprint density at radius 1 is 0.462 bits per heavy atom. The van der Waals surface area contributed by atoms with Gasteiger partial charge in [-0.05, 0) is 103 Å². The first-order valence-corrected chi connectivity index (χ1v) is 22.2. The van der Waals surface area contributed by atoms with E-state index in [2.05, 4.69) is 75.1 Å². The van der Waals surface area contributed by atoms with Crippen molar-refractivity contribution < 1.29 is 19.1 Å². The summed E-state index contributed by atoms with van der Waals surface area (Å²) in [5.41, 5.74) is 1.49. The molecule has 0 unspecified atom stereocenters. The Hall–Kier alpha value is -2.14. The second kappa shape index (κ2) is 41.6. The summed E-state index contributed by atoms with van der Waals surface area (Å²) in [6.07, 6.45) is 47.8. The van der Waals surface area contributed by atoms with E-state index < -0.39 is 0 Å². The first kappa shape index (κ1) is 49.9. The van der Waals surface area contributed by atoms with Crippen LogP contribution in [-0.2, 0) is 19.1 Å². The molecule has 0 fully saturated rings. The van der Waals surface area contributed by atoms with Crippen LogP contribution in [0.1, 0.15) is 207 Å². The number of carbonyl (C=O) groups is 2. The second-order valence-corrected chi connectivity index (χ2v) is 14.9. The number of nitrogens with zero attached hydrogens (tertiary/aromatic N) is 1. The van der Waals surface area contributed by atoms with Crippen molar-refractivity contribution in [2.75, 3.05) is 32.8 Å². The van der Waals surface area contributed by atoms with Gasteiger partial charge in [0.05, 0.1) is 6.61 Å². The van der Waals surface area contributed by atoms with Gasteiger partial charge < -0.3 is 9.47 Å². The first-order chi connectivity index (χ1) is 25.5. The average molecular weight is 728 g/mol. The van der Waals surface area contributed by atoms with Crippen molar-refractivity contribution >= 4 is 11.9 Å². The lowest BCUT2D eigenvalue weighted by molar-refractivity contribution is -0.145. The van der Waals surface area contributed by atoms with Gasteiger partial charge in [-0.25, -0.2) is 0 Å². The molecule has 0 aromatic carbocycles. The van der Waals surface area contributed by atoms with Crippen LogP contribution in [0.5, 0.6) is 0 Å². The second-order valence-electron chi connectivity index (χ2n) is 14.9. The van der Waals surface area contributed by atoms with Gasteiger partial charge in [0, 0.05) is 25.9 Å². The van der Waals surface area contributed by atoms with Crippen LogP contribution in [-0.4, -0.2) is 49.7 Å². The number of rotatable bonds is 39. The third-order valence-electron chi connectivity index (χ3n) is 9.62. The molecule has 0 aliphatic heterocycles. The lowest BCUT2D eigenvalue weighted by atomic mass is 10.1. The van der Waals surface area contributed by atoms with Crippen molar-refractivity contribution in [3.63, 3.8) is 0 Å². The van der Waals surface area contributed by atoms with Crippen LogP contribution in [0.4, 0.5) is 0 Å². The lowest BCUT2D eigenvalue weighted by Crippen LogP contribution is -2.31. The van der Waals surface area contributed by atoms with Gasteiger partial charge in [0.2, 0.25) is 0 Å². The maximum atomic E-state index is 12.3. The van der Waals surface area contributed by atoms with Gasteiger partial charge in [-0.15, -0.1) is 0 Å². The van der Waals surface area contributed by atoms with E-state index in [-0.39, 0.29) is 11.9 Å². The van der Waals surface area contributed by atoms with Crippen molar-refractivity contribution in [2.45, 2.75) is 207 Å². The standard InChI is InChI=1S/C47H85NO4/c1-5-8-11-13-14-15-16-17-18-19-20-21-22-26-29-33-38-46(49)51-43-35-41-48(40-10-7-3)42-44-52-47(50)39-34-30-27-24-23-25-28-32-37-45(4)36-31-12-9-6-2/h14-15,17-18,28,32,36H,5-13,16,19-27,29-31,33-35,37-44H2,1-4H3/b15-14-,18-17-,32-28-,45-36+. The molecule has 0 radical (unpaired) electrons. The minimum absolute atomic E-state index is 0.0676. The molecule has 0 spiro atoms. The topological polar surface area (TPSA) is 55.8 Å². The Labute approximate surface area is 323 Å². The molecule has 0 amide bonds. The number of hydrogen-bond acceptors (Lipinski definition) is 5. The lowest BCUT2D eigenvalue weighted by Gasteiger charge is -2.22. The maximum absolute atomic E-state index is 12.3. The number of allylic oxidation sites excluding steroid dienone is 8. The van der Waals surface area contributed by atoms with E-state index >= 15 is 0 Å². The molecule has 0 saturated heterocycles. The maximum Gasteiger partial charge on any atom is 0.305 e. The van der Waals surface area contributed by atoms with E-state index in [0.717, 1.165) is 83.8 Å². The van der Waals surface area contributed by atoms with Crippen molar-refractivity contribution in [3.8, 4) is 0 Å². The quantitative estimate of drug-likeness (QED) is 0.0358. The van der Waals surface area contributed by atoms with Crippen LogP contribution in [0.25, 0.3) is 0 Å². The largest absolute Gasteiger partial charge is 0.466 e. The molecule has 302 valence electrons.